The SMILES string of the molecule is CCC(C)(N)c1nc(C)no1.Cl. The molecule has 1 aromatic heterocycles. The van der Waals surface area contributed by atoms with Crippen molar-refractivity contribution >= 4 is 12.4 Å². The zero-order valence-electron chi connectivity index (χ0n) is 7.50. The molecule has 1 unspecified atom stereocenters. The monoisotopic (exact) mass is 191 g/mol. The zero-order valence-corrected chi connectivity index (χ0v) is 8.31. The van der Waals surface area contributed by atoms with E-state index >= 15 is 0 Å². The molecule has 0 spiro atoms. The van der Waals surface area contributed by atoms with Gasteiger partial charge in [-0.25, -0.2) is 0 Å². The molecule has 1 rings (SSSR count). The largest absolute Gasteiger partial charge is 0.337 e. The van der Waals surface area contributed by atoms with Crippen LogP contribution in [0.3, 0.4) is 0 Å². The molecule has 1 aromatic rings. The fourth-order valence-electron chi connectivity index (χ4n) is 0.680. The minimum Gasteiger partial charge on any atom is -0.337 e. The van der Waals surface area contributed by atoms with Crippen molar-refractivity contribution in [3.05, 3.63) is 11.7 Å². The van der Waals surface area contributed by atoms with Crippen LogP contribution in [0.5, 0.6) is 0 Å². The number of aromatic nitrogens is 2. The highest BCUT2D eigenvalue weighted by atomic mass is 35.5. The van der Waals surface area contributed by atoms with Gasteiger partial charge in [0.15, 0.2) is 5.82 Å². The molecule has 0 aliphatic heterocycles. The third-order valence-electron chi connectivity index (χ3n) is 1.75. The van der Waals surface area contributed by atoms with Crippen molar-refractivity contribution < 1.29 is 4.52 Å². The summed E-state index contributed by atoms with van der Waals surface area (Å²) in [5.41, 5.74) is 5.37. The standard InChI is InChI=1S/C7H13N3O.ClH/c1-4-7(3,8)6-9-5(2)10-11-6;/h4,8H2,1-3H3;1H. The van der Waals surface area contributed by atoms with Gasteiger partial charge in [0, 0.05) is 0 Å². The summed E-state index contributed by atoms with van der Waals surface area (Å²) in [4.78, 5) is 4.05. The lowest BCUT2D eigenvalue weighted by atomic mass is 10.0. The summed E-state index contributed by atoms with van der Waals surface area (Å²) in [5.74, 6) is 1.14. The van der Waals surface area contributed by atoms with E-state index in [9.17, 15) is 0 Å². The Hall–Kier alpha value is -0.610. The Morgan fingerprint density at radius 1 is 1.58 bits per heavy atom. The highest BCUT2D eigenvalue weighted by Crippen LogP contribution is 2.18. The Labute approximate surface area is 77.9 Å². The molecule has 1 heterocycles. The Morgan fingerprint density at radius 3 is 2.50 bits per heavy atom. The van der Waals surface area contributed by atoms with Crippen LogP contribution in [0.25, 0.3) is 0 Å². The first-order valence-corrected chi connectivity index (χ1v) is 3.66. The molecule has 0 bridgehead atoms. The average molecular weight is 192 g/mol. The van der Waals surface area contributed by atoms with Crippen LogP contribution in [-0.2, 0) is 5.54 Å². The molecule has 0 saturated heterocycles. The summed E-state index contributed by atoms with van der Waals surface area (Å²) in [6.45, 7) is 5.64. The fraction of sp³-hybridized carbons (Fsp3) is 0.714. The van der Waals surface area contributed by atoms with Gasteiger partial charge in [-0.2, -0.15) is 4.98 Å². The molecular formula is C7H14ClN3O. The molecule has 0 amide bonds. The van der Waals surface area contributed by atoms with Gasteiger partial charge in [-0.05, 0) is 20.3 Å². The number of halogens is 1. The Bertz CT molecular complexity index is 247. The second-order valence-corrected chi connectivity index (χ2v) is 2.92. The lowest BCUT2D eigenvalue weighted by Crippen LogP contribution is -2.32. The molecule has 4 nitrogen and oxygen atoms in total. The molecule has 2 N–H and O–H groups in total. The van der Waals surface area contributed by atoms with Crippen molar-refractivity contribution in [2.24, 2.45) is 5.73 Å². The van der Waals surface area contributed by atoms with E-state index in [2.05, 4.69) is 10.1 Å². The highest BCUT2D eigenvalue weighted by Gasteiger charge is 2.25. The van der Waals surface area contributed by atoms with Gasteiger partial charge < -0.3 is 10.3 Å². The topological polar surface area (TPSA) is 64.9 Å². The van der Waals surface area contributed by atoms with Crippen molar-refractivity contribution in [1.82, 2.24) is 10.1 Å². The van der Waals surface area contributed by atoms with E-state index in [1.807, 2.05) is 13.8 Å². The predicted octanol–water partition coefficient (Wildman–Crippen LogP) is 1.38. The van der Waals surface area contributed by atoms with E-state index in [0.717, 1.165) is 6.42 Å². The number of aryl methyl sites for hydroxylation is 1. The summed E-state index contributed by atoms with van der Waals surface area (Å²) in [6.07, 6.45) is 0.786. The number of nitrogens with two attached hydrogens (primary N) is 1. The first kappa shape index (κ1) is 11.4. The van der Waals surface area contributed by atoms with Crippen LogP contribution in [0, 0.1) is 6.92 Å². The fourth-order valence-corrected chi connectivity index (χ4v) is 0.680. The lowest BCUT2D eigenvalue weighted by molar-refractivity contribution is 0.290. The van der Waals surface area contributed by atoms with Gasteiger partial charge in [0.05, 0.1) is 5.54 Å². The highest BCUT2D eigenvalue weighted by molar-refractivity contribution is 5.85. The van der Waals surface area contributed by atoms with E-state index in [4.69, 9.17) is 10.3 Å². The Kier molecular flexibility index (Phi) is 3.67. The van der Waals surface area contributed by atoms with Gasteiger partial charge >= 0.3 is 0 Å². The maximum atomic E-state index is 5.85. The minimum atomic E-state index is -0.485. The molecule has 0 fully saturated rings. The first-order valence-electron chi connectivity index (χ1n) is 3.66. The normalized spacial score (nSPS) is 15.0. The van der Waals surface area contributed by atoms with Crippen LogP contribution in [0.15, 0.2) is 4.52 Å². The molecular weight excluding hydrogens is 178 g/mol. The van der Waals surface area contributed by atoms with Crippen LogP contribution in [0.1, 0.15) is 32.0 Å². The van der Waals surface area contributed by atoms with E-state index in [-0.39, 0.29) is 12.4 Å². The lowest BCUT2D eigenvalue weighted by Gasteiger charge is -2.16. The summed E-state index contributed by atoms with van der Waals surface area (Å²) in [6, 6.07) is 0. The molecule has 0 aromatic carbocycles. The Morgan fingerprint density at radius 2 is 2.17 bits per heavy atom. The summed E-state index contributed by atoms with van der Waals surface area (Å²) in [5, 5.41) is 3.66. The van der Waals surface area contributed by atoms with E-state index < -0.39 is 5.54 Å². The van der Waals surface area contributed by atoms with Crippen molar-refractivity contribution in [2.45, 2.75) is 32.7 Å². The number of hydrogen-bond donors (Lipinski definition) is 1. The molecule has 0 aliphatic rings. The van der Waals surface area contributed by atoms with Gasteiger partial charge in [0.25, 0.3) is 0 Å². The molecule has 70 valence electrons. The third kappa shape index (κ3) is 2.19. The van der Waals surface area contributed by atoms with Gasteiger partial charge in [-0.3, -0.25) is 0 Å². The number of hydrogen-bond acceptors (Lipinski definition) is 4. The van der Waals surface area contributed by atoms with Crippen molar-refractivity contribution in [2.75, 3.05) is 0 Å². The van der Waals surface area contributed by atoms with Gasteiger partial charge in [-0.1, -0.05) is 12.1 Å². The average Bonchev–Trinajstić information content (AvgIpc) is 2.36. The Balaban J connectivity index is 0.00000121. The van der Waals surface area contributed by atoms with Crippen LogP contribution in [-0.4, -0.2) is 10.1 Å². The van der Waals surface area contributed by atoms with E-state index in [1.165, 1.54) is 0 Å². The molecule has 0 aliphatic carbocycles. The van der Waals surface area contributed by atoms with E-state index in [1.54, 1.807) is 6.92 Å². The van der Waals surface area contributed by atoms with Crippen molar-refractivity contribution in [3.8, 4) is 0 Å². The van der Waals surface area contributed by atoms with Crippen LogP contribution >= 0.6 is 12.4 Å². The summed E-state index contributed by atoms with van der Waals surface area (Å²) >= 11 is 0. The third-order valence-corrected chi connectivity index (χ3v) is 1.75. The van der Waals surface area contributed by atoms with Gasteiger partial charge in [-0.15, -0.1) is 12.4 Å². The van der Waals surface area contributed by atoms with Crippen LogP contribution in [0.4, 0.5) is 0 Å². The summed E-state index contributed by atoms with van der Waals surface area (Å²) in [7, 11) is 0. The molecule has 0 radical (unpaired) electrons. The maximum Gasteiger partial charge on any atom is 0.246 e. The molecule has 1 atom stereocenters. The van der Waals surface area contributed by atoms with E-state index in [0.29, 0.717) is 11.7 Å². The summed E-state index contributed by atoms with van der Waals surface area (Å²) < 4.78 is 4.93. The smallest absolute Gasteiger partial charge is 0.246 e. The predicted molar refractivity (Wildman–Crippen MR) is 48.1 cm³/mol. The van der Waals surface area contributed by atoms with Gasteiger partial charge in [0.2, 0.25) is 5.89 Å². The second-order valence-electron chi connectivity index (χ2n) is 2.92. The maximum absolute atomic E-state index is 5.85. The zero-order chi connectivity index (χ0) is 8.48. The minimum absolute atomic E-state index is 0. The van der Waals surface area contributed by atoms with Crippen molar-refractivity contribution in [3.63, 3.8) is 0 Å². The van der Waals surface area contributed by atoms with Crippen LogP contribution < -0.4 is 5.73 Å². The quantitative estimate of drug-likeness (QED) is 0.767. The van der Waals surface area contributed by atoms with Crippen molar-refractivity contribution in [1.29, 1.82) is 0 Å². The van der Waals surface area contributed by atoms with Crippen LogP contribution in [0.2, 0.25) is 0 Å². The molecule has 12 heavy (non-hydrogen) atoms. The second kappa shape index (κ2) is 3.87. The molecule has 0 saturated carbocycles. The molecule has 5 heteroatoms. The number of nitrogens with zero attached hydrogens (tertiary/aromatic N) is 2. The van der Waals surface area contributed by atoms with Gasteiger partial charge in [0.1, 0.15) is 0 Å². The first-order chi connectivity index (χ1) is 5.06. The number of rotatable bonds is 2.